The molecule has 0 aromatic carbocycles. The van der Waals surface area contributed by atoms with Crippen molar-refractivity contribution >= 4 is 12.2 Å². The van der Waals surface area contributed by atoms with Gasteiger partial charge in [-0.05, 0) is 13.0 Å². The van der Waals surface area contributed by atoms with Gasteiger partial charge in [0.15, 0.2) is 6.29 Å². The van der Waals surface area contributed by atoms with Crippen LogP contribution in [0.3, 0.4) is 0 Å². The highest BCUT2D eigenvalue weighted by Gasteiger charge is 2.00. The molecule has 5 heteroatoms. The summed E-state index contributed by atoms with van der Waals surface area (Å²) in [6.07, 6.45) is 2.33. The summed E-state index contributed by atoms with van der Waals surface area (Å²) in [5.74, 6) is -0.151. The molecular weight excluding hydrogens is 210 g/mol. The quantitative estimate of drug-likeness (QED) is 0.386. The van der Waals surface area contributed by atoms with E-state index in [1.165, 1.54) is 11.0 Å². The molecule has 0 fully saturated rings. The van der Waals surface area contributed by atoms with E-state index in [0.29, 0.717) is 13.0 Å². The number of likely N-dealkylation sites (N-methyl/N-ethyl adjacent to an activating group) is 1. The number of carbonyl (C=O) groups excluding carboxylic acids is 2. The minimum absolute atomic E-state index is 0.0648. The standard InChI is InChI=1S/C7H11NO2.C4H10O2/c1-3-7(10)8(2)5-4-6-9;1-4(5-2)6-3/h3,6H,1,4-5H2,2H3;4H,1-3H3. The summed E-state index contributed by atoms with van der Waals surface area (Å²) in [5, 5.41) is 0. The van der Waals surface area contributed by atoms with Crippen LogP contribution >= 0.6 is 0 Å². The van der Waals surface area contributed by atoms with Crippen LogP contribution in [0.2, 0.25) is 0 Å². The van der Waals surface area contributed by atoms with E-state index in [0.717, 1.165) is 6.29 Å². The van der Waals surface area contributed by atoms with E-state index in [-0.39, 0.29) is 12.2 Å². The molecule has 0 rings (SSSR count). The Morgan fingerprint density at radius 1 is 1.44 bits per heavy atom. The van der Waals surface area contributed by atoms with Crippen molar-refractivity contribution in [1.82, 2.24) is 4.90 Å². The molecule has 0 aliphatic rings. The molecule has 0 bridgehead atoms. The number of amides is 1. The molecule has 0 saturated heterocycles. The van der Waals surface area contributed by atoms with Crippen molar-refractivity contribution in [2.75, 3.05) is 27.8 Å². The van der Waals surface area contributed by atoms with Gasteiger partial charge in [0.2, 0.25) is 5.91 Å². The van der Waals surface area contributed by atoms with Crippen LogP contribution in [0.25, 0.3) is 0 Å². The number of hydrogen-bond donors (Lipinski definition) is 0. The van der Waals surface area contributed by atoms with Gasteiger partial charge in [-0.2, -0.15) is 0 Å². The Bertz CT molecular complexity index is 202. The van der Waals surface area contributed by atoms with Gasteiger partial charge >= 0.3 is 0 Å². The molecular formula is C11H21NO4. The van der Waals surface area contributed by atoms with Crippen LogP contribution in [0, 0.1) is 0 Å². The summed E-state index contributed by atoms with van der Waals surface area (Å²) < 4.78 is 9.35. The van der Waals surface area contributed by atoms with Crippen molar-refractivity contribution in [3.63, 3.8) is 0 Å². The average molecular weight is 231 g/mol. The smallest absolute Gasteiger partial charge is 0.245 e. The van der Waals surface area contributed by atoms with Crippen LogP contribution in [0.5, 0.6) is 0 Å². The predicted molar refractivity (Wildman–Crippen MR) is 62.0 cm³/mol. The van der Waals surface area contributed by atoms with Crippen molar-refractivity contribution in [2.24, 2.45) is 0 Å². The van der Waals surface area contributed by atoms with E-state index < -0.39 is 0 Å². The lowest BCUT2D eigenvalue weighted by molar-refractivity contribution is -0.125. The van der Waals surface area contributed by atoms with Crippen LogP contribution in [-0.2, 0) is 19.1 Å². The van der Waals surface area contributed by atoms with Crippen LogP contribution in [0.4, 0.5) is 0 Å². The van der Waals surface area contributed by atoms with Gasteiger partial charge in [0.1, 0.15) is 6.29 Å². The van der Waals surface area contributed by atoms with Gasteiger partial charge in [-0.1, -0.05) is 6.58 Å². The molecule has 0 spiro atoms. The van der Waals surface area contributed by atoms with E-state index in [4.69, 9.17) is 0 Å². The zero-order valence-corrected chi connectivity index (χ0v) is 10.4. The molecule has 0 aromatic rings. The lowest BCUT2D eigenvalue weighted by Crippen LogP contribution is -2.25. The van der Waals surface area contributed by atoms with Gasteiger partial charge < -0.3 is 19.2 Å². The predicted octanol–water partition coefficient (Wildman–Crippen LogP) is 0.845. The van der Waals surface area contributed by atoms with Gasteiger partial charge in [-0.3, -0.25) is 4.79 Å². The summed E-state index contributed by atoms with van der Waals surface area (Å²) in [7, 11) is 4.84. The van der Waals surface area contributed by atoms with Crippen LogP contribution in [0.15, 0.2) is 12.7 Å². The minimum Gasteiger partial charge on any atom is -0.356 e. The molecule has 1 amide bonds. The van der Waals surface area contributed by atoms with E-state index in [1.54, 1.807) is 21.3 Å². The lowest BCUT2D eigenvalue weighted by atomic mass is 10.4. The molecule has 5 nitrogen and oxygen atoms in total. The summed E-state index contributed by atoms with van der Waals surface area (Å²) in [6, 6.07) is 0. The molecule has 0 radical (unpaired) electrons. The first-order valence-electron chi connectivity index (χ1n) is 4.90. The van der Waals surface area contributed by atoms with E-state index in [2.05, 4.69) is 16.1 Å². The topological polar surface area (TPSA) is 55.8 Å². The van der Waals surface area contributed by atoms with E-state index in [9.17, 15) is 9.59 Å². The zero-order chi connectivity index (χ0) is 13.0. The Labute approximate surface area is 97.0 Å². The first-order chi connectivity index (χ1) is 7.53. The van der Waals surface area contributed by atoms with Crippen molar-refractivity contribution in [1.29, 1.82) is 0 Å². The molecule has 94 valence electrons. The maximum atomic E-state index is 10.7. The zero-order valence-electron chi connectivity index (χ0n) is 10.4. The highest BCUT2D eigenvalue weighted by Crippen LogP contribution is 1.86. The number of methoxy groups -OCH3 is 2. The molecule has 0 aliphatic carbocycles. The third-order valence-electron chi connectivity index (χ3n) is 1.80. The molecule has 0 aliphatic heterocycles. The van der Waals surface area contributed by atoms with Crippen molar-refractivity contribution in [2.45, 2.75) is 19.6 Å². The molecule has 0 atom stereocenters. The summed E-state index contributed by atoms with van der Waals surface area (Å²) in [6.45, 7) is 5.61. The maximum Gasteiger partial charge on any atom is 0.245 e. The average Bonchev–Trinajstić information content (AvgIpc) is 2.34. The summed E-state index contributed by atoms with van der Waals surface area (Å²) in [5.41, 5.74) is 0. The van der Waals surface area contributed by atoms with Crippen LogP contribution in [-0.4, -0.2) is 51.2 Å². The largest absolute Gasteiger partial charge is 0.356 e. The molecule has 0 heterocycles. The van der Waals surface area contributed by atoms with Gasteiger partial charge in [0.05, 0.1) is 0 Å². The fourth-order valence-electron chi connectivity index (χ4n) is 0.609. The SMILES string of the molecule is C=CC(=O)N(C)CCC=O.COC(C)OC. The summed E-state index contributed by atoms with van der Waals surface area (Å²) in [4.78, 5) is 22.0. The van der Waals surface area contributed by atoms with Gasteiger partial charge in [0, 0.05) is 34.2 Å². The molecule has 0 N–H and O–H groups in total. The minimum atomic E-state index is -0.151. The Hall–Kier alpha value is -1.20. The highest BCUT2D eigenvalue weighted by molar-refractivity contribution is 5.86. The van der Waals surface area contributed by atoms with Gasteiger partial charge in [-0.25, -0.2) is 0 Å². The van der Waals surface area contributed by atoms with Gasteiger partial charge in [-0.15, -0.1) is 0 Å². The molecule has 0 unspecified atom stereocenters. The van der Waals surface area contributed by atoms with E-state index in [1.807, 2.05) is 6.92 Å². The number of aldehydes is 1. The number of carbonyl (C=O) groups is 2. The molecule has 16 heavy (non-hydrogen) atoms. The second kappa shape index (κ2) is 11.9. The third-order valence-corrected chi connectivity index (χ3v) is 1.80. The van der Waals surface area contributed by atoms with Gasteiger partial charge in [0.25, 0.3) is 0 Å². The first-order valence-corrected chi connectivity index (χ1v) is 4.90. The highest BCUT2D eigenvalue weighted by atomic mass is 16.7. The number of hydrogen-bond acceptors (Lipinski definition) is 4. The van der Waals surface area contributed by atoms with E-state index >= 15 is 0 Å². The lowest BCUT2D eigenvalue weighted by Gasteiger charge is -2.11. The second-order valence-electron chi connectivity index (χ2n) is 2.96. The fourth-order valence-corrected chi connectivity index (χ4v) is 0.609. The van der Waals surface area contributed by atoms with Crippen molar-refractivity contribution in [3.05, 3.63) is 12.7 Å². The fraction of sp³-hybridized carbons (Fsp3) is 0.636. The number of rotatable bonds is 6. The second-order valence-corrected chi connectivity index (χ2v) is 2.96. The van der Waals surface area contributed by atoms with Crippen LogP contribution < -0.4 is 0 Å². The van der Waals surface area contributed by atoms with Crippen LogP contribution in [0.1, 0.15) is 13.3 Å². The molecule has 0 saturated carbocycles. The summed E-state index contributed by atoms with van der Waals surface area (Å²) >= 11 is 0. The first kappa shape index (κ1) is 17.2. The number of ether oxygens (including phenoxy) is 2. The monoisotopic (exact) mass is 231 g/mol. The molecule has 0 aromatic heterocycles. The Kier molecular flexibility index (Phi) is 12.8. The third kappa shape index (κ3) is 10.9. The van der Waals surface area contributed by atoms with Crippen molar-refractivity contribution < 1.29 is 19.1 Å². The normalized spacial score (nSPS) is 9.06. The number of nitrogens with zero attached hydrogens (tertiary/aromatic N) is 1. The Morgan fingerprint density at radius 2 is 1.94 bits per heavy atom. The maximum absolute atomic E-state index is 10.7. The Balaban J connectivity index is 0. The van der Waals surface area contributed by atoms with Crippen molar-refractivity contribution in [3.8, 4) is 0 Å². The Morgan fingerprint density at radius 3 is 2.19 bits per heavy atom.